The zero-order valence-electron chi connectivity index (χ0n) is 33.6. The van der Waals surface area contributed by atoms with Crippen LogP contribution in [0.5, 0.6) is 5.88 Å². The number of halogens is 2. The van der Waals surface area contributed by atoms with Crippen LogP contribution >= 0.6 is 0 Å². The molecule has 15 nitrogen and oxygen atoms in total. The van der Waals surface area contributed by atoms with Crippen molar-refractivity contribution in [2.45, 2.75) is 139 Å². The molecule has 59 heavy (non-hydrogen) atoms. The number of aromatic nitrogens is 2. The molecule has 1 aromatic heterocycles. The van der Waals surface area contributed by atoms with Gasteiger partial charge in [0.1, 0.15) is 35.5 Å². The Morgan fingerprint density at radius 3 is 2.49 bits per heavy atom. The van der Waals surface area contributed by atoms with Crippen molar-refractivity contribution >= 4 is 44.9 Å². The molecule has 3 N–H and O–H groups in total. The Morgan fingerprint density at radius 2 is 1.81 bits per heavy atom. The third-order valence-electron chi connectivity index (χ3n) is 13.5. The Balaban J connectivity index is 1.13. The van der Waals surface area contributed by atoms with E-state index in [1.54, 1.807) is 39.0 Å². The van der Waals surface area contributed by atoms with Crippen molar-refractivity contribution in [3.8, 4) is 11.9 Å². The Hall–Kier alpha value is -4.66. The van der Waals surface area contributed by atoms with Gasteiger partial charge in [0.25, 0.3) is 5.91 Å². The van der Waals surface area contributed by atoms with Crippen LogP contribution in [0.3, 0.4) is 0 Å². The average Bonchev–Trinajstić information content (AvgIpc) is 4.13. The Labute approximate surface area is 341 Å². The van der Waals surface area contributed by atoms with E-state index in [1.807, 2.05) is 4.72 Å². The smallest absolute Gasteiger partial charge is 0.408 e. The first-order chi connectivity index (χ1) is 27.8. The summed E-state index contributed by atoms with van der Waals surface area (Å²) in [4.78, 5) is 67.2. The van der Waals surface area contributed by atoms with Crippen LogP contribution in [0.15, 0.2) is 18.2 Å². The van der Waals surface area contributed by atoms with E-state index in [9.17, 15) is 41.6 Å². The van der Waals surface area contributed by atoms with Crippen molar-refractivity contribution in [1.82, 2.24) is 30.2 Å². The maximum Gasteiger partial charge on any atom is 0.408 e. The number of nitrogens with zero attached hydrogens (tertiary/aromatic N) is 4. The number of alkyl halides is 2. The molecule has 2 aromatic rings. The van der Waals surface area contributed by atoms with Crippen LogP contribution in [0.2, 0.25) is 0 Å². The van der Waals surface area contributed by atoms with Gasteiger partial charge in [0.2, 0.25) is 34.1 Å². The number of sulfonamides is 1. The van der Waals surface area contributed by atoms with Crippen molar-refractivity contribution in [3.63, 3.8) is 0 Å². The van der Waals surface area contributed by atoms with E-state index in [-0.39, 0.29) is 43.7 Å². The van der Waals surface area contributed by atoms with Gasteiger partial charge in [0, 0.05) is 6.42 Å². The van der Waals surface area contributed by atoms with Gasteiger partial charge in [-0.05, 0) is 99.7 Å². The number of fused-ring (bicyclic) bond motifs is 7. The van der Waals surface area contributed by atoms with Crippen LogP contribution in [0, 0.1) is 40.4 Å². The van der Waals surface area contributed by atoms with E-state index >= 15 is 0 Å². The second kappa shape index (κ2) is 14.8. The van der Waals surface area contributed by atoms with Crippen LogP contribution in [0.4, 0.5) is 13.6 Å². The molecule has 5 fully saturated rings. The molecule has 1 saturated heterocycles. The van der Waals surface area contributed by atoms with E-state index in [2.05, 4.69) is 16.7 Å². The van der Waals surface area contributed by atoms with Crippen molar-refractivity contribution in [1.29, 1.82) is 5.26 Å². The molecule has 1 aromatic carbocycles. The second-order valence-electron chi connectivity index (χ2n) is 18.8. The van der Waals surface area contributed by atoms with Crippen molar-refractivity contribution in [3.05, 3.63) is 29.5 Å². The number of ether oxygens (including phenoxy) is 2. The van der Waals surface area contributed by atoms with Crippen LogP contribution in [-0.4, -0.2) is 94.6 Å². The lowest BCUT2D eigenvalue weighted by Crippen LogP contribution is -2.60. The number of nitriles is 1. The Bertz CT molecular complexity index is 2230. The van der Waals surface area contributed by atoms with E-state index in [0.717, 1.165) is 38.5 Å². The fourth-order valence-electron chi connectivity index (χ4n) is 9.38. The van der Waals surface area contributed by atoms with Gasteiger partial charge in [-0.1, -0.05) is 33.6 Å². The SMILES string of the molecule is CC(C)(C)[C@@H]1NC(=O)O[C@@H]2CC3C[C@@H]3[C@H]2CCCCCc2nc3ccc(C#N)cc3nc2O[C@@H]2C[C@@H](C(=O)N[C@]3(C(=O)NS(=O)(=O)C4(C)CC4)C[C@H]3C(F)F)N(C2)C1=O. The molecule has 2 aliphatic heterocycles. The highest BCUT2D eigenvalue weighted by molar-refractivity contribution is 7.91. The fourth-order valence-corrected chi connectivity index (χ4v) is 10.7. The summed E-state index contributed by atoms with van der Waals surface area (Å²) in [5.74, 6) is -3.23. The minimum atomic E-state index is -4.24. The summed E-state index contributed by atoms with van der Waals surface area (Å²) in [5, 5.41) is 14.8. The lowest BCUT2D eigenvalue weighted by atomic mass is 9.85. The molecule has 1 unspecified atom stereocenters. The van der Waals surface area contributed by atoms with E-state index in [0.29, 0.717) is 40.5 Å². The van der Waals surface area contributed by atoms with Gasteiger partial charge in [-0.3, -0.25) is 19.1 Å². The molecular formula is C41H51F2N7O8S. The number of carbonyl (C=O) groups is 4. The monoisotopic (exact) mass is 839 g/mol. The summed E-state index contributed by atoms with van der Waals surface area (Å²) in [6.45, 7) is 6.49. The third-order valence-corrected chi connectivity index (χ3v) is 15.6. The average molecular weight is 840 g/mol. The molecule has 0 radical (unpaired) electrons. The van der Waals surface area contributed by atoms with Gasteiger partial charge in [-0.2, -0.15) is 5.26 Å². The number of amides is 4. The first-order valence-electron chi connectivity index (χ1n) is 20.6. The van der Waals surface area contributed by atoms with Crippen LogP contribution in [0.25, 0.3) is 11.0 Å². The lowest BCUT2D eigenvalue weighted by Gasteiger charge is -2.36. The maximum atomic E-state index is 14.8. The minimum absolute atomic E-state index is 0.160. The van der Waals surface area contributed by atoms with Gasteiger partial charge in [0.05, 0.1) is 39.9 Å². The number of hydrogen-bond acceptors (Lipinski definition) is 11. The number of hydrogen-bond donors (Lipinski definition) is 3. The first-order valence-corrected chi connectivity index (χ1v) is 22.1. The molecule has 318 valence electrons. The first kappa shape index (κ1) is 41.1. The third kappa shape index (κ3) is 7.91. The second-order valence-corrected chi connectivity index (χ2v) is 21.0. The van der Waals surface area contributed by atoms with Gasteiger partial charge < -0.3 is 25.0 Å². The van der Waals surface area contributed by atoms with Crippen molar-refractivity contribution < 1.29 is 45.9 Å². The molecular weight excluding hydrogens is 789 g/mol. The van der Waals surface area contributed by atoms with E-state index < -0.39 is 86.5 Å². The highest BCUT2D eigenvalue weighted by Gasteiger charge is 2.67. The highest BCUT2D eigenvalue weighted by Crippen LogP contribution is 2.58. The topological polar surface area (TPSA) is 210 Å². The van der Waals surface area contributed by atoms with Gasteiger partial charge in [-0.15, -0.1) is 0 Å². The molecule has 2 bridgehead atoms. The lowest BCUT2D eigenvalue weighted by molar-refractivity contribution is -0.143. The summed E-state index contributed by atoms with van der Waals surface area (Å²) in [5.41, 5.74) is -1.28. The van der Waals surface area contributed by atoms with Crippen LogP contribution in [0.1, 0.15) is 103 Å². The molecule has 4 saturated carbocycles. The summed E-state index contributed by atoms with van der Waals surface area (Å²) < 4.78 is 67.9. The molecule has 3 heterocycles. The largest absolute Gasteiger partial charge is 0.471 e. The number of benzene rings is 1. The van der Waals surface area contributed by atoms with Crippen molar-refractivity contribution in [2.75, 3.05) is 6.54 Å². The molecule has 0 spiro atoms. The summed E-state index contributed by atoms with van der Waals surface area (Å²) in [7, 11) is -4.24. The summed E-state index contributed by atoms with van der Waals surface area (Å²) in [6, 6.07) is 4.44. The number of alkyl carbamates (subject to hydrolysis) is 1. The fraction of sp³-hybridized carbons (Fsp3) is 0.683. The normalized spacial score (nSPS) is 32.8. The zero-order valence-corrected chi connectivity index (χ0v) is 34.4. The van der Waals surface area contributed by atoms with Crippen molar-refractivity contribution in [2.24, 2.45) is 29.1 Å². The maximum absolute atomic E-state index is 14.8. The molecule has 4 amide bonds. The van der Waals surface area contributed by atoms with E-state index in [4.69, 9.17) is 19.4 Å². The van der Waals surface area contributed by atoms with E-state index in [1.165, 1.54) is 11.8 Å². The number of rotatable bonds is 6. The van der Waals surface area contributed by atoms with Gasteiger partial charge >= 0.3 is 6.09 Å². The number of aryl methyl sites for hydroxylation is 1. The summed E-state index contributed by atoms with van der Waals surface area (Å²) in [6.07, 6.45) is 0.629. The predicted octanol–water partition coefficient (Wildman–Crippen LogP) is 4.27. The molecule has 8 rings (SSSR count). The zero-order chi connectivity index (χ0) is 42.2. The minimum Gasteiger partial charge on any atom is -0.471 e. The Kier molecular flexibility index (Phi) is 10.3. The van der Waals surface area contributed by atoms with Crippen LogP contribution < -0.4 is 20.1 Å². The number of carbonyl (C=O) groups excluding carboxylic acids is 4. The van der Waals surface area contributed by atoms with Gasteiger partial charge in [0.15, 0.2) is 0 Å². The molecule has 4 aliphatic carbocycles. The number of nitrogens with one attached hydrogen (secondary N) is 3. The highest BCUT2D eigenvalue weighted by atomic mass is 32.2. The molecule has 6 aliphatic rings. The molecule has 18 heteroatoms. The standard InChI is InChI=1S/C41H51F2N7O8S/c1-39(2,3)32-36(52)50-20-23(17-30(50)34(51)48-41(18-26(41)33(42)43)37(53)49-59(55,56)40(4)12-13-40)57-35-28(45-27-11-10-21(19-44)14-29(27)46-35)9-7-5-6-8-24-25-15-22(25)16-31(24)58-38(54)47-32/h10-11,14,22-26,30-33H,5-9,12-13,15-18,20H2,1-4H3,(H,47,54)(H,48,51)(H,49,53)/t22?,23-,24-,25+,26+,30+,31-,32-,41-/m1/s1. The summed E-state index contributed by atoms with van der Waals surface area (Å²) >= 11 is 0. The van der Waals surface area contributed by atoms with Gasteiger partial charge in [-0.25, -0.2) is 32.0 Å². The predicted molar refractivity (Wildman–Crippen MR) is 207 cm³/mol. The molecule has 9 atom stereocenters. The quantitative estimate of drug-likeness (QED) is 0.374. The van der Waals surface area contributed by atoms with Crippen LogP contribution in [-0.2, 0) is 35.6 Å². The Morgan fingerprint density at radius 1 is 1.05 bits per heavy atom.